The number of nitrogens with zero attached hydrogens (tertiary/aromatic N) is 1. The Hall–Kier alpha value is -3.55. The molecule has 4 aromatic carbocycles. The number of rotatable bonds is 4. The normalized spacial score (nSPS) is 13.0. The van der Waals surface area contributed by atoms with Gasteiger partial charge in [-0.1, -0.05) is 91.0 Å². The molecule has 0 bridgehead atoms. The lowest BCUT2D eigenvalue weighted by atomic mass is 10.1. The summed E-state index contributed by atoms with van der Waals surface area (Å²) >= 11 is 0. The van der Waals surface area contributed by atoms with Crippen molar-refractivity contribution >= 4 is 41.3 Å². The van der Waals surface area contributed by atoms with Gasteiger partial charge in [0.2, 0.25) is 0 Å². The molecular weight excluding hydrogens is 389 g/mol. The van der Waals surface area contributed by atoms with Crippen LogP contribution in [0.3, 0.4) is 0 Å². The first-order chi connectivity index (χ1) is 14.8. The fraction of sp³-hybridized carbons (Fsp3) is 0. The second kappa shape index (κ2) is 7.70. The molecule has 144 valence electrons. The molecule has 1 aliphatic rings. The van der Waals surface area contributed by atoms with Gasteiger partial charge in [0.25, 0.3) is 11.8 Å². The number of hydrogen-bond donors (Lipinski definition) is 0. The van der Waals surface area contributed by atoms with E-state index in [2.05, 4.69) is 24.3 Å². The summed E-state index contributed by atoms with van der Waals surface area (Å²) in [5, 5.41) is 3.32. The molecule has 0 aromatic heterocycles. The second-order valence-corrected chi connectivity index (χ2v) is 9.17. The summed E-state index contributed by atoms with van der Waals surface area (Å²) in [5.74, 6) is -0.529. The van der Waals surface area contributed by atoms with Crippen LogP contribution in [0.25, 0.3) is 0 Å². The van der Waals surface area contributed by atoms with Crippen LogP contribution in [-0.2, 0) is 0 Å². The molecule has 0 aliphatic carbocycles. The third-order valence-corrected chi connectivity index (χ3v) is 7.68. The average molecular weight is 407 g/mol. The van der Waals surface area contributed by atoms with Crippen molar-refractivity contribution in [2.75, 3.05) is 4.90 Å². The lowest BCUT2D eigenvalue weighted by Crippen LogP contribution is -2.34. The Morgan fingerprint density at radius 1 is 0.500 bits per heavy atom. The van der Waals surface area contributed by atoms with Gasteiger partial charge < -0.3 is 0 Å². The van der Waals surface area contributed by atoms with Crippen molar-refractivity contribution in [3.8, 4) is 0 Å². The largest absolute Gasteiger partial charge is 0.268 e. The van der Waals surface area contributed by atoms with Crippen molar-refractivity contribution in [1.29, 1.82) is 0 Å². The third kappa shape index (κ3) is 3.04. The molecule has 5 rings (SSSR count). The first-order valence-corrected chi connectivity index (χ1v) is 11.1. The fourth-order valence-electron chi connectivity index (χ4n) is 3.83. The maximum Gasteiger partial charge on any atom is 0.266 e. The van der Waals surface area contributed by atoms with E-state index < -0.39 is 7.92 Å². The predicted molar refractivity (Wildman–Crippen MR) is 123 cm³/mol. The number of carbonyl (C=O) groups is 2. The number of anilines is 1. The first-order valence-electron chi connectivity index (χ1n) is 9.73. The summed E-state index contributed by atoms with van der Waals surface area (Å²) in [6, 6.07) is 35.3. The van der Waals surface area contributed by atoms with Gasteiger partial charge in [-0.25, -0.2) is 4.90 Å². The highest BCUT2D eigenvalue weighted by Gasteiger charge is 2.38. The van der Waals surface area contributed by atoms with Gasteiger partial charge in [-0.05, 0) is 36.7 Å². The van der Waals surface area contributed by atoms with E-state index in [0.717, 1.165) is 5.30 Å². The minimum atomic E-state index is -0.943. The average Bonchev–Trinajstić information content (AvgIpc) is 3.06. The van der Waals surface area contributed by atoms with Gasteiger partial charge >= 0.3 is 0 Å². The molecule has 0 unspecified atom stereocenters. The minimum Gasteiger partial charge on any atom is -0.268 e. The first kappa shape index (κ1) is 18.5. The van der Waals surface area contributed by atoms with E-state index in [1.807, 2.05) is 60.7 Å². The second-order valence-electron chi connectivity index (χ2n) is 6.99. The Bertz CT molecular complexity index is 1160. The number of benzene rings is 4. The summed E-state index contributed by atoms with van der Waals surface area (Å²) in [6.07, 6.45) is 0. The predicted octanol–water partition coefficient (Wildman–Crippen LogP) is 4.25. The van der Waals surface area contributed by atoms with E-state index in [9.17, 15) is 9.59 Å². The van der Waals surface area contributed by atoms with E-state index in [-0.39, 0.29) is 11.8 Å². The van der Waals surface area contributed by atoms with Gasteiger partial charge in [0.05, 0.1) is 16.8 Å². The van der Waals surface area contributed by atoms with E-state index in [4.69, 9.17) is 0 Å². The van der Waals surface area contributed by atoms with Crippen molar-refractivity contribution in [1.82, 2.24) is 0 Å². The smallest absolute Gasteiger partial charge is 0.266 e. The zero-order valence-electron chi connectivity index (χ0n) is 16.1. The van der Waals surface area contributed by atoms with E-state index in [1.165, 1.54) is 15.5 Å². The van der Waals surface area contributed by atoms with Gasteiger partial charge in [0, 0.05) is 5.30 Å². The summed E-state index contributed by atoms with van der Waals surface area (Å²) in [5.41, 5.74) is 1.57. The molecule has 1 heterocycles. The molecule has 1 aliphatic heterocycles. The van der Waals surface area contributed by atoms with Gasteiger partial charge in [-0.15, -0.1) is 0 Å². The van der Waals surface area contributed by atoms with Crippen LogP contribution in [0.1, 0.15) is 20.7 Å². The van der Waals surface area contributed by atoms with Gasteiger partial charge in [-0.3, -0.25) is 9.59 Å². The van der Waals surface area contributed by atoms with Gasteiger partial charge in [-0.2, -0.15) is 0 Å². The summed E-state index contributed by atoms with van der Waals surface area (Å²) in [7, 11) is -0.943. The molecule has 0 saturated heterocycles. The van der Waals surface area contributed by atoms with Crippen LogP contribution < -0.4 is 20.8 Å². The zero-order valence-corrected chi connectivity index (χ0v) is 17.0. The van der Waals surface area contributed by atoms with Crippen molar-refractivity contribution in [3.05, 3.63) is 120 Å². The lowest BCUT2D eigenvalue weighted by molar-refractivity contribution is 0.0926. The third-order valence-electron chi connectivity index (χ3n) is 5.19. The number of para-hydroxylation sites is 1. The van der Waals surface area contributed by atoms with Crippen LogP contribution in [0.5, 0.6) is 0 Å². The van der Waals surface area contributed by atoms with E-state index in [1.54, 1.807) is 24.3 Å². The molecule has 0 fully saturated rings. The molecule has 4 aromatic rings. The number of amides is 2. The van der Waals surface area contributed by atoms with Crippen LogP contribution in [0.15, 0.2) is 109 Å². The molecular formula is C26H18NO2P. The van der Waals surface area contributed by atoms with Crippen LogP contribution in [0.4, 0.5) is 5.69 Å². The Morgan fingerprint density at radius 3 is 1.47 bits per heavy atom. The van der Waals surface area contributed by atoms with Crippen molar-refractivity contribution in [3.63, 3.8) is 0 Å². The summed E-state index contributed by atoms with van der Waals surface area (Å²) in [6.45, 7) is 0. The minimum absolute atomic E-state index is 0.265. The molecule has 30 heavy (non-hydrogen) atoms. The maximum absolute atomic E-state index is 13.2. The molecule has 3 nitrogen and oxygen atoms in total. The topological polar surface area (TPSA) is 37.4 Å². The lowest BCUT2D eigenvalue weighted by Gasteiger charge is -2.25. The fourth-order valence-corrected chi connectivity index (χ4v) is 6.27. The van der Waals surface area contributed by atoms with E-state index in [0.29, 0.717) is 16.8 Å². The number of imide groups is 1. The van der Waals surface area contributed by atoms with Gasteiger partial charge in [0.15, 0.2) is 0 Å². The number of fused-ring (bicyclic) bond motifs is 1. The molecule has 0 radical (unpaired) electrons. The summed E-state index contributed by atoms with van der Waals surface area (Å²) in [4.78, 5) is 27.7. The quantitative estimate of drug-likeness (QED) is 0.375. The van der Waals surface area contributed by atoms with E-state index >= 15 is 0 Å². The Kier molecular flexibility index (Phi) is 4.74. The number of hydrogen-bond acceptors (Lipinski definition) is 2. The zero-order chi connectivity index (χ0) is 20.5. The maximum atomic E-state index is 13.2. The Morgan fingerprint density at radius 2 is 0.933 bits per heavy atom. The van der Waals surface area contributed by atoms with Crippen LogP contribution >= 0.6 is 7.92 Å². The molecule has 0 N–H and O–H groups in total. The summed E-state index contributed by atoms with van der Waals surface area (Å²) < 4.78 is 0. The highest BCUT2D eigenvalue weighted by atomic mass is 31.1. The van der Waals surface area contributed by atoms with Crippen molar-refractivity contribution in [2.45, 2.75) is 0 Å². The highest BCUT2D eigenvalue weighted by Crippen LogP contribution is 2.38. The number of carbonyl (C=O) groups excluding carboxylic acids is 2. The Labute approximate surface area is 176 Å². The standard InChI is InChI=1S/C26H18NO2P/c28-25-21-15-7-8-16-22(21)26(29)27(25)23-17-9-10-18-24(23)30(19-11-3-1-4-12-19)20-13-5-2-6-14-20/h1-18H. The molecule has 4 heteroatoms. The molecule has 0 saturated carbocycles. The molecule has 0 spiro atoms. The SMILES string of the molecule is O=C1c2ccccc2C(=O)N1c1ccccc1P(c1ccccc1)c1ccccc1. The van der Waals surface area contributed by atoms with Crippen LogP contribution in [0.2, 0.25) is 0 Å². The molecule has 0 atom stereocenters. The van der Waals surface area contributed by atoms with Crippen molar-refractivity contribution < 1.29 is 9.59 Å². The van der Waals surface area contributed by atoms with Crippen LogP contribution in [-0.4, -0.2) is 11.8 Å². The monoisotopic (exact) mass is 407 g/mol. The van der Waals surface area contributed by atoms with Crippen LogP contribution in [0, 0.1) is 0 Å². The molecule has 2 amide bonds. The highest BCUT2D eigenvalue weighted by molar-refractivity contribution is 7.80. The van der Waals surface area contributed by atoms with Gasteiger partial charge in [0.1, 0.15) is 0 Å². The van der Waals surface area contributed by atoms with Crippen molar-refractivity contribution in [2.24, 2.45) is 0 Å². The Balaban J connectivity index is 1.69.